The molecule has 0 spiro atoms. The van der Waals surface area contributed by atoms with Crippen molar-refractivity contribution in [2.75, 3.05) is 31.6 Å². The topological polar surface area (TPSA) is 67.4 Å². The van der Waals surface area contributed by atoms with Crippen molar-refractivity contribution in [1.82, 2.24) is 14.3 Å². The molecule has 0 aliphatic carbocycles. The second-order valence-electron chi connectivity index (χ2n) is 6.98. The molecule has 6 nitrogen and oxygen atoms in total. The molecule has 124 valence electrons. The molecular formula is C15H26N4O2S. The number of carbonyl (C=O) groups excluding carboxylic acids is 1. The van der Waals surface area contributed by atoms with Crippen molar-refractivity contribution in [3.8, 4) is 0 Å². The number of nitrogens with one attached hydrogen (secondary N) is 1. The van der Waals surface area contributed by atoms with Gasteiger partial charge in [0.15, 0.2) is 0 Å². The summed E-state index contributed by atoms with van der Waals surface area (Å²) in [5.74, 6) is 1.10. The predicted octanol–water partition coefficient (Wildman–Crippen LogP) is 2.13. The molecule has 1 fully saturated rings. The quantitative estimate of drug-likeness (QED) is 0.918. The number of hydrogen-bond acceptors (Lipinski definition) is 6. The molecule has 1 aromatic heterocycles. The first-order chi connectivity index (χ1) is 10.3. The minimum atomic E-state index is -0.279. The summed E-state index contributed by atoms with van der Waals surface area (Å²) in [7, 11) is 0. The van der Waals surface area contributed by atoms with Gasteiger partial charge in [-0.25, -0.2) is 4.98 Å². The van der Waals surface area contributed by atoms with Gasteiger partial charge in [0.2, 0.25) is 11.0 Å². The minimum absolute atomic E-state index is 0.0853. The molecule has 22 heavy (non-hydrogen) atoms. The van der Waals surface area contributed by atoms with Crippen LogP contribution in [0.15, 0.2) is 0 Å². The molecule has 1 N–H and O–H groups in total. The number of nitrogens with zero attached hydrogens (tertiary/aromatic N) is 3. The Kier molecular flexibility index (Phi) is 5.39. The fourth-order valence-corrected chi connectivity index (χ4v) is 3.01. The number of aromatic nitrogens is 2. The van der Waals surface area contributed by atoms with Crippen molar-refractivity contribution >= 4 is 22.6 Å². The second kappa shape index (κ2) is 6.91. The zero-order chi connectivity index (χ0) is 16.3. The van der Waals surface area contributed by atoms with Crippen LogP contribution in [0.4, 0.5) is 5.13 Å². The lowest BCUT2D eigenvalue weighted by atomic mass is 9.96. The van der Waals surface area contributed by atoms with E-state index in [0.717, 1.165) is 5.82 Å². The first-order valence-electron chi connectivity index (χ1n) is 7.76. The van der Waals surface area contributed by atoms with E-state index in [1.54, 1.807) is 0 Å². The van der Waals surface area contributed by atoms with Crippen LogP contribution >= 0.6 is 11.5 Å². The van der Waals surface area contributed by atoms with Crippen LogP contribution in [0, 0.1) is 5.92 Å². The molecule has 1 aliphatic heterocycles. The third kappa shape index (κ3) is 4.16. The number of ether oxygens (including phenoxy) is 1. The smallest absolute Gasteiger partial charge is 0.245 e. The zero-order valence-electron chi connectivity index (χ0n) is 14.0. The molecule has 1 aromatic rings. The van der Waals surface area contributed by atoms with Crippen LogP contribution < -0.4 is 5.32 Å². The van der Waals surface area contributed by atoms with E-state index >= 15 is 0 Å². The van der Waals surface area contributed by atoms with E-state index in [0.29, 0.717) is 31.4 Å². The molecule has 0 saturated carbocycles. The largest absolute Gasteiger partial charge is 0.378 e. The highest BCUT2D eigenvalue weighted by atomic mass is 32.1. The van der Waals surface area contributed by atoms with Gasteiger partial charge in [-0.1, -0.05) is 34.6 Å². The molecule has 2 heterocycles. The molecule has 2 rings (SSSR count). The summed E-state index contributed by atoms with van der Waals surface area (Å²) in [5, 5.41) is 3.99. The fourth-order valence-electron chi connectivity index (χ4n) is 2.21. The molecule has 1 aliphatic rings. The third-order valence-electron chi connectivity index (χ3n) is 3.63. The van der Waals surface area contributed by atoms with Gasteiger partial charge < -0.3 is 15.0 Å². The van der Waals surface area contributed by atoms with E-state index in [1.807, 2.05) is 18.7 Å². The van der Waals surface area contributed by atoms with Crippen LogP contribution in [-0.4, -0.2) is 52.5 Å². The minimum Gasteiger partial charge on any atom is -0.378 e. The predicted molar refractivity (Wildman–Crippen MR) is 88.3 cm³/mol. The Morgan fingerprint density at radius 3 is 2.45 bits per heavy atom. The standard InChI is InChI=1S/C15H26N4O2S/c1-10(2)11(12(20)19-6-8-21-9-7-19)16-14-17-13(18-22-14)15(3,4)5/h10-11H,6-9H2,1-5H3,(H,16,17,18). The zero-order valence-corrected chi connectivity index (χ0v) is 14.9. The summed E-state index contributed by atoms with van der Waals surface area (Å²) in [6, 6.07) is -0.279. The van der Waals surface area contributed by atoms with Crippen molar-refractivity contribution in [2.45, 2.75) is 46.1 Å². The van der Waals surface area contributed by atoms with Gasteiger partial charge in [0, 0.05) is 30.0 Å². The Labute approximate surface area is 136 Å². The summed E-state index contributed by atoms with van der Waals surface area (Å²) in [5.41, 5.74) is -0.0853. The van der Waals surface area contributed by atoms with E-state index in [2.05, 4.69) is 35.4 Å². The number of amides is 1. The van der Waals surface area contributed by atoms with Crippen LogP contribution in [0.3, 0.4) is 0 Å². The summed E-state index contributed by atoms with van der Waals surface area (Å²) < 4.78 is 9.71. The maximum Gasteiger partial charge on any atom is 0.245 e. The first kappa shape index (κ1) is 17.1. The van der Waals surface area contributed by atoms with Gasteiger partial charge in [0.1, 0.15) is 11.9 Å². The van der Waals surface area contributed by atoms with E-state index in [-0.39, 0.29) is 23.3 Å². The Morgan fingerprint density at radius 2 is 1.95 bits per heavy atom. The monoisotopic (exact) mass is 326 g/mol. The van der Waals surface area contributed by atoms with Gasteiger partial charge >= 0.3 is 0 Å². The van der Waals surface area contributed by atoms with E-state index in [9.17, 15) is 4.79 Å². The summed E-state index contributed by atoms with van der Waals surface area (Å²) in [6.07, 6.45) is 0. The lowest BCUT2D eigenvalue weighted by molar-refractivity contribution is -0.137. The molecule has 1 saturated heterocycles. The number of anilines is 1. The van der Waals surface area contributed by atoms with Crippen LogP contribution in [-0.2, 0) is 14.9 Å². The highest BCUT2D eigenvalue weighted by Gasteiger charge is 2.29. The fraction of sp³-hybridized carbons (Fsp3) is 0.800. The molecule has 0 aromatic carbocycles. The Bertz CT molecular complexity index is 504. The third-order valence-corrected chi connectivity index (χ3v) is 4.28. The van der Waals surface area contributed by atoms with Gasteiger partial charge in [0.05, 0.1) is 13.2 Å². The van der Waals surface area contributed by atoms with E-state index in [1.165, 1.54) is 11.5 Å². The molecular weight excluding hydrogens is 300 g/mol. The first-order valence-corrected chi connectivity index (χ1v) is 8.53. The van der Waals surface area contributed by atoms with Crippen molar-refractivity contribution in [3.05, 3.63) is 5.82 Å². The second-order valence-corrected chi connectivity index (χ2v) is 7.73. The van der Waals surface area contributed by atoms with Crippen molar-refractivity contribution in [1.29, 1.82) is 0 Å². The molecule has 1 amide bonds. The average molecular weight is 326 g/mol. The van der Waals surface area contributed by atoms with Gasteiger partial charge in [-0.05, 0) is 5.92 Å². The van der Waals surface area contributed by atoms with E-state index in [4.69, 9.17) is 4.74 Å². The molecule has 7 heteroatoms. The molecule has 1 unspecified atom stereocenters. The van der Waals surface area contributed by atoms with Crippen LogP contribution in [0.2, 0.25) is 0 Å². The van der Waals surface area contributed by atoms with Gasteiger partial charge in [-0.3, -0.25) is 4.79 Å². The number of rotatable bonds is 4. The molecule has 0 bridgehead atoms. The van der Waals surface area contributed by atoms with Crippen molar-refractivity contribution < 1.29 is 9.53 Å². The molecule has 0 radical (unpaired) electrons. The van der Waals surface area contributed by atoms with Gasteiger partial charge in [-0.2, -0.15) is 4.37 Å². The number of hydrogen-bond donors (Lipinski definition) is 1. The number of morpholine rings is 1. The summed E-state index contributed by atoms with van der Waals surface area (Å²) in [6.45, 7) is 12.9. The maximum atomic E-state index is 12.7. The van der Waals surface area contributed by atoms with Crippen LogP contribution in [0.1, 0.15) is 40.4 Å². The van der Waals surface area contributed by atoms with Crippen molar-refractivity contribution in [2.24, 2.45) is 5.92 Å². The lowest BCUT2D eigenvalue weighted by Crippen LogP contribution is -2.49. The maximum absolute atomic E-state index is 12.7. The van der Waals surface area contributed by atoms with E-state index < -0.39 is 0 Å². The van der Waals surface area contributed by atoms with Crippen LogP contribution in [0.5, 0.6) is 0 Å². The van der Waals surface area contributed by atoms with Crippen LogP contribution in [0.25, 0.3) is 0 Å². The van der Waals surface area contributed by atoms with Gasteiger partial charge in [0.25, 0.3) is 0 Å². The highest BCUT2D eigenvalue weighted by Crippen LogP contribution is 2.24. The number of carbonyl (C=O) groups is 1. The SMILES string of the molecule is CC(C)C(Nc1nc(C(C)(C)C)ns1)C(=O)N1CCOCC1. The normalized spacial score (nSPS) is 17.6. The van der Waals surface area contributed by atoms with Gasteiger partial charge in [-0.15, -0.1) is 0 Å². The van der Waals surface area contributed by atoms with Crippen molar-refractivity contribution in [3.63, 3.8) is 0 Å². The average Bonchev–Trinajstić information content (AvgIpc) is 2.93. The summed E-state index contributed by atoms with van der Waals surface area (Å²) >= 11 is 1.32. The highest BCUT2D eigenvalue weighted by molar-refractivity contribution is 7.09. The Balaban J connectivity index is 2.08. The Morgan fingerprint density at radius 1 is 1.32 bits per heavy atom. The lowest BCUT2D eigenvalue weighted by Gasteiger charge is -2.32. The molecule has 1 atom stereocenters. The summed E-state index contributed by atoms with van der Waals surface area (Å²) in [4.78, 5) is 19.1. The Hall–Kier alpha value is -1.21.